The van der Waals surface area contributed by atoms with Crippen molar-refractivity contribution in [3.05, 3.63) is 54.1 Å². The Kier molecular flexibility index (Phi) is 6.72. The zero-order valence-electron chi connectivity index (χ0n) is 10.7. The third-order valence-corrected chi connectivity index (χ3v) is 2.10. The fourth-order valence-corrected chi connectivity index (χ4v) is 1.21. The summed E-state index contributed by atoms with van der Waals surface area (Å²) >= 11 is 0. The fourth-order valence-electron chi connectivity index (χ4n) is 1.21. The summed E-state index contributed by atoms with van der Waals surface area (Å²) in [4.78, 5) is 21.6. The standard InChI is InChI=1S/C15H16O4/c1-13(16)18-12-19-15(17)11-7-3-6-10-14-8-4-2-5-9-14/h2-10H,11-12H2,1H3/b7-3+,10-6+. The molecule has 0 atom stereocenters. The first-order valence-electron chi connectivity index (χ1n) is 5.86. The third-order valence-electron chi connectivity index (χ3n) is 2.10. The number of esters is 2. The molecule has 19 heavy (non-hydrogen) atoms. The lowest BCUT2D eigenvalue weighted by Crippen LogP contribution is -2.09. The van der Waals surface area contributed by atoms with Crippen LogP contribution in [0.2, 0.25) is 0 Å². The van der Waals surface area contributed by atoms with Gasteiger partial charge in [-0.25, -0.2) is 0 Å². The minimum atomic E-state index is -0.478. The second-order valence-corrected chi connectivity index (χ2v) is 3.67. The Morgan fingerprint density at radius 2 is 1.84 bits per heavy atom. The topological polar surface area (TPSA) is 52.6 Å². The van der Waals surface area contributed by atoms with Gasteiger partial charge in [0, 0.05) is 6.92 Å². The molecule has 0 radical (unpaired) electrons. The summed E-state index contributed by atoms with van der Waals surface area (Å²) in [5, 5.41) is 0. The molecule has 0 aliphatic carbocycles. The molecule has 100 valence electrons. The predicted molar refractivity (Wildman–Crippen MR) is 72.0 cm³/mol. The molecule has 0 aliphatic rings. The highest BCUT2D eigenvalue weighted by atomic mass is 16.7. The van der Waals surface area contributed by atoms with E-state index in [9.17, 15) is 9.59 Å². The first-order valence-corrected chi connectivity index (χ1v) is 5.86. The van der Waals surface area contributed by atoms with Crippen molar-refractivity contribution in [3.8, 4) is 0 Å². The summed E-state index contributed by atoms with van der Waals surface area (Å²) in [6.07, 6.45) is 7.35. The number of ether oxygens (including phenoxy) is 2. The molecule has 0 aromatic heterocycles. The summed E-state index contributed by atoms with van der Waals surface area (Å²) in [5.74, 6) is -0.917. The highest BCUT2D eigenvalue weighted by Crippen LogP contribution is 2.01. The second kappa shape index (κ2) is 8.69. The molecule has 0 heterocycles. The van der Waals surface area contributed by atoms with Crippen molar-refractivity contribution in [2.24, 2.45) is 0 Å². The normalized spacial score (nSPS) is 10.8. The maximum absolute atomic E-state index is 11.2. The van der Waals surface area contributed by atoms with Crippen LogP contribution in [0, 0.1) is 0 Å². The zero-order valence-corrected chi connectivity index (χ0v) is 10.7. The molecule has 4 heteroatoms. The van der Waals surface area contributed by atoms with Gasteiger partial charge >= 0.3 is 11.9 Å². The maximum atomic E-state index is 11.2. The lowest BCUT2D eigenvalue weighted by Gasteiger charge is -2.01. The molecular weight excluding hydrogens is 244 g/mol. The summed E-state index contributed by atoms with van der Waals surface area (Å²) < 4.78 is 9.14. The quantitative estimate of drug-likeness (QED) is 0.448. The summed E-state index contributed by atoms with van der Waals surface area (Å²) in [6, 6.07) is 9.83. The lowest BCUT2D eigenvalue weighted by atomic mass is 10.2. The van der Waals surface area contributed by atoms with Crippen LogP contribution < -0.4 is 0 Å². The number of hydrogen-bond acceptors (Lipinski definition) is 4. The minimum Gasteiger partial charge on any atom is -0.428 e. The van der Waals surface area contributed by atoms with E-state index in [0.29, 0.717) is 0 Å². The molecule has 0 bridgehead atoms. The highest BCUT2D eigenvalue weighted by molar-refractivity contribution is 5.71. The van der Waals surface area contributed by atoms with Gasteiger partial charge in [-0.3, -0.25) is 9.59 Å². The Labute approximate surface area is 112 Å². The van der Waals surface area contributed by atoms with E-state index in [2.05, 4.69) is 9.47 Å². The summed E-state index contributed by atoms with van der Waals surface area (Å²) in [5.41, 5.74) is 1.09. The van der Waals surface area contributed by atoms with Crippen LogP contribution in [0.25, 0.3) is 6.08 Å². The van der Waals surface area contributed by atoms with Crippen molar-refractivity contribution < 1.29 is 19.1 Å². The largest absolute Gasteiger partial charge is 0.428 e. The molecule has 1 aromatic carbocycles. The molecule has 0 amide bonds. The van der Waals surface area contributed by atoms with Gasteiger partial charge in [-0.2, -0.15) is 0 Å². The maximum Gasteiger partial charge on any atom is 0.312 e. The molecule has 0 saturated carbocycles. The first-order chi connectivity index (χ1) is 9.18. The number of carbonyl (C=O) groups excluding carboxylic acids is 2. The van der Waals surface area contributed by atoms with Gasteiger partial charge < -0.3 is 9.47 Å². The van der Waals surface area contributed by atoms with E-state index in [1.54, 1.807) is 12.2 Å². The van der Waals surface area contributed by atoms with Gasteiger partial charge in [0.15, 0.2) is 0 Å². The van der Waals surface area contributed by atoms with Crippen molar-refractivity contribution >= 4 is 18.0 Å². The first kappa shape index (κ1) is 14.7. The summed E-state index contributed by atoms with van der Waals surface area (Å²) in [6.45, 7) is 0.921. The summed E-state index contributed by atoms with van der Waals surface area (Å²) in [7, 11) is 0. The lowest BCUT2D eigenvalue weighted by molar-refractivity contribution is -0.164. The minimum absolute atomic E-state index is 0.139. The van der Waals surface area contributed by atoms with Crippen molar-refractivity contribution in [3.63, 3.8) is 0 Å². The number of allylic oxidation sites excluding steroid dienone is 2. The van der Waals surface area contributed by atoms with Crippen molar-refractivity contribution in [1.29, 1.82) is 0 Å². The molecular formula is C15H16O4. The average molecular weight is 260 g/mol. The fraction of sp³-hybridized carbons (Fsp3) is 0.200. The van der Waals surface area contributed by atoms with Crippen molar-refractivity contribution in [2.75, 3.05) is 6.79 Å². The molecule has 1 aromatic rings. The molecule has 0 saturated heterocycles. The SMILES string of the molecule is CC(=O)OCOC(=O)C/C=C/C=C/c1ccccc1. The van der Waals surface area contributed by atoms with Crippen molar-refractivity contribution in [2.45, 2.75) is 13.3 Å². The Morgan fingerprint density at radius 3 is 2.53 bits per heavy atom. The van der Waals surface area contributed by atoms with Crippen LogP contribution in [0.1, 0.15) is 18.9 Å². The van der Waals surface area contributed by atoms with Crippen molar-refractivity contribution in [1.82, 2.24) is 0 Å². The number of hydrogen-bond donors (Lipinski definition) is 0. The van der Waals surface area contributed by atoms with Crippen LogP contribution in [0.3, 0.4) is 0 Å². The van der Waals surface area contributed by atoms with Crippen LogP contribution in [-0.4, -0.2) is 18.7 Å². The van der Waals surface area contributed by atoms with Crippen LogP contribution in [-0.2, 0) is 19.1 Å². The van der Waals surface area contributed by atoms with E-state index >= 15 is 0 Å². The highest BCUT2D eigenvalue weighted by Gasteiger charge is 1.99. The molecule has 0 unspecified atom stereocenters. The molecule has 0 spiro atoms. The predicted octanol–water partition coefficient (Wildman–Crippen LogP) is 2.71. The monoisotopic (exact) mass is 260 g/mol. The van der Waals surface area contributed by atoms with Crippen LogP contribution in [0.4, 0.5) is 0 Å². The van der Waals surface area contributed by atoms with E-state index < -0.39 is 11.9 Å². The Bertz CT molecular complexity index is 460. The average Bonchev–Trinajstić information content (AvgIpc) is 2.39. The zero-order chi connectivity index (χ0) is 13.9. The van der Waals surface area contributed by atoms with Crippen LogP contribution >= 0.6 is 0 Å². The number of benzene rings is 1. The Hall–Kier alpha value is -2.36. The third kappa shape index (κ3) is 7.54. The van der Waals surface area contributed by atoms with Crippen LogP contribution in [0.5, 0.6) is 0 Å². The molecule has 4 nitrogen and oxygen atoms in total. The van der Waals surface area contributed by atoms with E-state index in [-0.39, 0.29) is 13.2 Å². The van der Waals surface area contributed by atoms with E-state index in [0.717, 1.165) is 5.56 Å². The van der Waals surface area contributed by atoms with E-state index in [4.69, 9.17) is 0 Å². The molecule has 0 fully saturated rings. The number of rotatable bonds is 6. The van der Waals surface area contributed by atoms with Gasteiger partial charge in [-0.05, 0) is 5.56 Å². The number of carbonyl (C=O) groups is 2. The van der Waals surface area contributed by atoms with Gasteiger partial charge in [0.05, 0.1) is 6.42 Å². The van der Waals surface area contributed by atoms with E-state index in [1.165, 1.54) is 6.92 Å². The van der Waals surface area contributed by atoms with Gasteiger partial charge in [-0.15, -0.1) is 0 Å². The molecule has 0 N–H and O–H groups in total. The molecule has 0 aliphatic heterocycles. The molecule has 1 rings (SSSR count). The van der Waals surface area contributed by atoms with Gasteiger partial charge in [0.25, 0.3) is 0 Å². The Morgan fingerprint density at radius 1 is 1.11 bits per heavy atom. The van der Waals surface area contributed by atoms with Gasteiger partial charge in [-0.1, -0.05) is 54.6 Å². The van der Waals surface area contributed by atoms with E-state index in [1.807, 2.05) is 42.5 Å². The Balaban J connectivity index is 2.21. The van der Waals surface area contributed by atoms with Gasteiger partial charge in [0.1, 0.15) is 0 Å². The van der Waals surface area contributed by atoms with Gasteiger partial charge in [0.2, 0.25) is 6.79 Å². The second-order valence-electron chi connectivity index (χ2n) is 3.67. The van der Waals surface area contributed by atoms with Crippen LogP contribution in [0.15, 0.2) is 48.6 Å². The smallest absolute Gasteiger partial charge is 0.312 e.